The van der Waals surface area contributed by atoms with Crippen molar-refractivity contribution in [1.29, 1.82) is 0 Å². The fraction of sp³-hybridized carbons (Fsp3) is 0.208. The lowest BCUT2D eigenvalue weighted by atomic mass is 10.2. The number of anilines is 1. The smallest absolute Gasteiger partial charge is 0.281 e. The summed E-state index contributed by atoms with van der Waals surface area (Å²) in [5.41, 5.74) is 2.56. The van der Waals surface area contributed by atoms with Gasteiger partial charge in [0.25, 0.3) is 5.56 Å². The average Bonchev–Trinajstić information content (AvgIpc) is 3.04. The summed E-state index contributed by atoms with van der Waals surface area (Å²) in [6, 6.07) is 14.4. The molecular weight excluding hydrogens is 408 g/mol. The van der Waals surface area contributed by atoms with Crippen LogP contribution in [0.5, 0.6) is 11.5 Å². The largest absolute Gasteiger partial charge is 0.497 e. The van der Waals surface area contributed by atoms with E-state index in [4.69, 9.17) is 9.47 Å². The van der Waals surface area contributed by atoms with Crippen LogP contribution >= 0.6 is 0 Å². The van der Waals surface area contributed by atoms with Gasteiger partial charge in [-0.2, -0.15) is 9.78 Å². The Morgan fingerprint density at radius 1 is 1.00 bits per heavy atom. The minimum atomic E-state index is -0.233. The van der Waals surface area contributed by atoms with E-state index in [1.807, 2.05) is 48.7 Å². The molecule has 164 valence electrons. The molecule has 0 unspecified atom stereocenters. The normalized spacial score (nSPS) is 10.9. The first-order chi connectivity index (χ1) is 15.4. The molecule has 32 heavy (non-hydrogen) atoms. The molecule has 0 aliphatic heterocycles. The third-order valence-electron chi connectivity index (χ3n) is 5.48. The molecule has 2 aromatic heterocycles. The van der Waals surface area contributed by atoms with Crippen LogP contribution in [0.3, 0.4) is 0 Å². The summed E-state index contributed by atoms with van der Waals surface area (Å²) in [5, 5.41) is 8.50. The first-order valence-corrected chi connectivity index (χ1v) is 10.1. The lowest BCUT2D eigenvalue weighted by Gasteiger charge is -2.12. The maximum atomic E-state index is 13.2. The van der Waals surface area contributed by atoms with Gasteiger partial charge >= 0.3 is 0 Å². The number of hydrogen-bond donors (Lipinski definition) is 1. The van der Waals surface area contributed by atoms with Gasteiger partial charge in [0.05, 0.1) is 31.5 Å². The molecule has 0 saturated heterocycles. The summed E-state index contributed by atoms with van der Waals surface area (Å²) in [6.07, 6.45) is 1.67. The molecule has 2 aromatic carbocycles. The van der Waals surface area contributed by atoms with Crippen molar-refractivity contribution in [2.24, 2.45) is 0 Å². The second-order valence-electron chi connectivity index (χ2n) is 7.39. The van der Waals surface area contributed by atoms with E-state index >= 15 is 0 Å². The zero-order chi connectivity index (χ0) is 22.8. The van der Waals surface area contributed by atoms with Gasteiger partial charge in [-0.05, 0) is 26.0 Å². The molecule has 4 rings (SSSR count). The van der Waals surface area contributed by atoms with Crippen molar-refractivity contribution in [2.75, 3.05) is 19.5 Å². The predicted octanol–water partition coefficient (Wildman–Crippen LogP) is 3.46. The number of carbonyl (C=O) groups is 1. The van der Waals surface area contributed by atoms with E-state index in [1.165, 1.54) is 4.68 Å². The van der Waals surface area contributed by atoms with E-state index in [0.29, 0.717) is 34.0 Å². The van der Waals surface area contributed by atoms with Crippen LogP contribution in [-0.4, -0.2) is 34.5 Å². The van der Waals surface area contributed by atoms with Gasteiger partial charge in [-0.3, -0.25) is 9.59 Å². The lowest BCUT2D eigenvalue weighted by molar-refractivity contribution is -0.116. The van der Waals surface area contributed by atoms with Crippen molar-refractivity contribution in [3.05, 3.63) is 76.5 Å². The number of aromatic nitrogens is 3. The highest BCUT2D eigenvalue weighted by molar-refractivity contribution is 5.93. The number of nitrogens with zero attached hydrogens (tertiary/aromatic N) is 3. The van der Waals surface area contributed by atoms with Crippen LogP contribution in [0.4, 0.5) is 5.69 Å². The van der Waals surface area contributed by atoms with Crippen molar-refractivity contribution in [3.8, 4) is 17.2 Å². The Kier molecular flexibility index (Phi) is 5.68. The molecule has 0 aliphatic carbocycles. The Hall–Kier alpha value is -4.07. The number of amides is 1. The van der Waals surface area contributed by atoms with E-state index in [0.717, 1.165) is 11.1 Å². The van der Waals surface area contributed by atoms with Crippen LogP contribution in [0.2, 0.25) is 0 Å². The minimum absolute atomic E-state index is 0.0522. The van der Waals surface area contributed by atoms with Crippen LogP contribution in [0.15, 0.2) is 59.5 Å². The fourth-order valence-electron chi connectivity index (χ4n) is 3.82. The third kappa shape index (κ3) is 3.82. The molecule has 4 aromatic rings. The lowest BCUT2D eigenvalue weighted by Crippen LogP contribution is -2.22. The quantitative estimate of drug-likeness (QED) is 0.504. The third-order valence-corrected chi connectivity index (χ3v) is 5.48. The molecule has 0 aliphatic rings. The molecule has 0 bridgehead atoms. The van der Waals surface area contributed by atoms with Crippen LogP contribution in [0, 0.1) is 13.8 Å². The molecule has 0 atom stereocenters. The number of fused-ring (bicyclic) bond motifs is 1. The monoisotopic (exact) mass is 432 g/mol. The predicted molar refractivity (Wildman–Crippen MR) is 123 cm³/mol. The van der Waals surface area contributed by atoms with Gasteiger partial charge in [0, 0.05) is 40.7 Å². The van der Waals surface area contributed by atoms with E-state index in [-0.39, 0.29) is 18.0 Å². The van der Waals surface area contributed by atoms with Crippen LogP contribution in [0.25, 0.3) is 16.5 Å². The number of para-hydroxylation sites is 1. The molecule has 0 saturated carbocycles. The van der Waals surface area contributed by atoms with Crippen molar-refractivity contribution in [2.45, 2.75) is 20.4 Å². The topological polar surface area (TPSA) is 87.4 Å². The molecule has 0 fully saturated rings. The Labute approximate surface area is 185 Å². The summed E-state index contributed by atoms with van der Waals surface area (Å²) in [4.78, 5) is 26.0. The van der Waals surface area contributed by atoms with E-state index in [2.05, 4.69) is 10.4 Å². The maximum Gasteiger partial charge on any atom is 0.281 e. The van der Waals surface area contributed by atoms with Gasteiger partial charge in [-0.1, -0.05) is 18.2 Å². The van der Waals surface area contributed by atoms with Gasteiger partial charge in [-0.15, -0.1) is 0 Å². The van der Waals surface area contributed by atoms with Crippen LogP contribution < -0.4 is 20.3 Å². The van der Waals surface area contributed by atoms with Gasteiger partial charge in [0.1, 0.15) is 18.0 Å². The standard InChI is InChI=1S/C24H24N4O4/c1-15-21-13-25-28(18-8-6-5-7-9-18)24(30)23(21)16(2)27(15)14-22(29)26-17-10-19(31-3)12-20(11-17)32-4/h5-13H,14H2,1-4H3,(H,26,29). The number of nitrogens with one attached hydrogen (secondary N) is 1. The second kappa shape index (κ2) is 8.58. The molecule has 2 heterocycles. The first-order valence-electron chi connectivity index (χ1n) is 10.1. The maximum absolute atomic E-state index is 13.2. The highest BCUT2D eigenvalue weighted by Gasteiger charge is 2.18. The molecule has 0 radical (unpaired) electrons. The Bertz CT molecular complexity index is 1330. The summed E-state index contributed by atoms with van der Waals surface area (Å²) < 4.78 is 13.7. The number of hydrogen-bond acceptors (Lipinski definition) is 5. The zero-order valence-corrected chi connectivity index (χ0v) is 18.4. The minimum Gasteiger partial charge on any atom is -0.497 e. The van der Waals surface area contributed by atoms with Crippen LogP contribution in [-0.2, 0) is 11.3 Å². The number of aryl methyl sites for hydroxylation is 2. The van der Waals surface area contributed by atoms with Crippen molar-refractivity contribution >= 4 is 22.4 Å². The summed E-state index contributed by atoms with van der Waals surface area (Å²) in [7, 11) is 3.10. The fourth-order valence-corrected chi connectivity index (χ4v) is 3.82. The first kappa shape index (κ1) is 21.2. The highest BCUT2D eigenvalue weighted by Crippen LogP contribution is 2.26. The van der Waals surface area contributed by atoms with E-state index in [9.17, 15) is 9.59 Å². The molecule has 0 spiro atoms. The average molecular weight is 432 g/mol. The van der Waals surface area contributed by atoms with Gasteiger partial charge < -0.3 is 19.4 Å². The van der Waals surface area contributed by atoms with E-state index in [1.54, 1.807) is 38.6 Å². The summed E-state index contributed by atoms with van der Waals surface area (Å²) >= 11 is 0. The Morgan fingerprint density at radius 3 is 2.28 bits per heavy atom. The Balaban J connectivity index is 1.67. The van der Waals surface area contributed by atoms with Crippen LogP contribution in [0.1, 0.15) is 11.4 Å². The summed E-state index contributed by atoms with van der Waals surface area (Å²) in [5.74, 6) is 0.917. The van der Waals surface area contributed by atoms with Crippen molar-refractivity contribution in [1.82, 2.24) is 14.3 Å². The SMILES string of the molecule is COc1cc(NC(=O)Cn2c(C)c3cnn(-c4ccccc4)c(=O)c3c2C)cc(OC)c1. The number of rotatable bonds is 6. The second-order valence-corrected chi connectivity index (χ2v) is 7.39. The van der Waals surface area contributed by atoms with Gasteiger partial charge in [0.2, 0.25) is 5.91 Å². The zero-order valence-electron chi connectivity index (χ0n) is 18.4. The number of methoxy groups -OCH3 is 2. The molecule has 8 nitrogen and oxygen atoms in total. The molecule has 1 amide bonds. The summed E-state index contributed by atoms with van der Waals surface area (Å²) in [6.45, 7) is 3.77. The number of carbonyl (C=O) groups excluding carboxylic acids is 1. The van der Waals surface area contributed by atoms with Crippen molar-refractivity contribution < 1.29 is 14.3 Å². The highest BCUT2D eigenvalue weighted by atomic mass is 16.5. The number of benzene rings is 2. The number of ether oxygens (including phenoxy) is 2. The Morgan fingerprint density at radius 2 is 1.66 bits per heavy atom. The van der Waals surface area contributed by atoms with Crippen molar-refractivity contribution in [3.63, 3.8) is 0 Å². The molecule has 1 N–H and O–H groups in total. The van der Waals surface area contributed by atoms with Gasteiger partial charge in [-0.25, -0.2) is 0 Å². The molecular formula is C24H24N4O4. The molecule has 8 heteroatoms. The van der Waals surface area contributed by atoms with E-state index < -0.39 is 0 Å². The van der Waals surface area contributed by atoms with Gasteiger partial charge in [0.15, 0.2) is 0 Å².